The number of benzene rings is 2. The lowest BCUT2D eigenvalue weighted by atomic mass is 10.1. The van der Waals surface area contributed by atoms with Gasteiger partial charge in [0.2, 0.25) is 0 Å². The summed E-state index contributed by atoms with van der Waals surface area (Å²) < 4.78 is 6.74. The van der Waals surface area contributed by atoms with Crippen LogP contribution < -0.4 is 5.73 Å². The van der Waals surface area contributed by atoms with Gasteiger partial charge in [-0.25, -0.2) is 0 Å². The summed E-state index contributed by atoms with van der Waals surface area (Å²) in [6, 6.07) is 12.6. The second kappa shape index (κ2) is 5.41. The van der Waals surface area contributed by atoms with Crippen molar-refractivity contribution in [3.05, 3.63) is 68.3 Å². The van der Waals surface area contributed by atoms with Gasteiger partial charge in [0.15, 0.2) is 0 Å². The Kier molecular flexibility index (Phi) is 3.78. The van der Waals surface area contributed by atoms with Crippen LogP contribution in [-0.4, -0.2) is 0 Å². The summed E-state index contributed by atoms with van der Waals surface area (Å²) in [4.78, 5) is 0. The molecule has 1 aromatic heterocycles. The zero-order valence-electron chi connectivity index (χ0n) is 10.2. The second-order valence-corrected chi connectivity index (χ2v) is 6.15. The maximum Gasteiger partial charge on any atom is 0.148 e. The molecule has 3 rings (SSSR count). The predicted molar refractivity (Wildman–Crippen MR) is 86.4 cm³/mol. The molecular formula is C15H10BrCl2NO. The molecule has 2 nitrogen and oxygen atoms in total. The molecule has 0 aliphatic carbocycles. The van der Waals surface area contributed by atoms with Crippen LogP contribution in [0.5, 0.6) is 0 Å². The molecule has 2 aromatic carbocycles. The summed E-state index contributed by atoms with van der Waals surface area (Å²) in [5.74, 6) is 0.663. The average Bonchev–Trinajstić information content (AvgIpc) is 2.83. The molecule has 102 valence electrons. The molecule has 0 saturated carbocycles. The molecule has 20 heavy (non-hydrogen) atoms. The minimum atomic E-state index is -0.431. The van der Waals surface area contributed by atoms with Gasteiger partial charge in [0.05, 0.1) is 10.5 Å². The van der Waals surface area contributed by atoms with Gasteiger partial charge in [0.25, 0.3) is 0 Å². The molecule has 2 N–H and O–H groups in total. The minimum absolute atomic E-state index is 0.431. The molecule has 0 saturated heterocycles. The fourth-order valence-electron chi connectivity index (χ4n) is 2.11. The van der Waals surface area contributed by atoms with Gasteiger partial charge in [0, 0.05) is 15.4 Å². The fourth-order valence-corrected chi connectivity index (χ4v) is 3.10. The molecule has 1 atom stereocenters. The van der Waals surface area contributed by atoms with E-state index >= 15 is 0 Å². The summed E-state index contributed by atoms with van der Waals surface area (Å²) >= 11 is 15.5. The normalized spacial score (nSPS) is 12.8. The quantitative estimate of drug-likeness (QED) is 0.642. The first-order valence-corrected chi connectivity index (χ1v) is 7.49. The van der Waals surface area contributed by atoms with Crippen molar-refractivity contribution in [2.45, 2.75) is 6.04 Å². The number of halogens is 3. The number of fused-ring (bicyclic) bond motifs is 1. The average molecular weight is 371 g/mol. The Balaban J connectivity index is 2.08. The highest BCUT2D eigenvalue weighted by Crippen LogP contribution is 2.34. The van der Waals surface area contributed by atoms with Crippen LogP contribution in [0, 0.1) is 0 Å². The number of nitrogens with two attached hydrogens (primary N) is 1. The van der Waals surface area contributed by atoms with Gasteiger partial charge in [-0.05, 0) is 45.8 Å². The molecular weight excluding hydrogens is 361 g/mol. The Hall–Kier alpha value is -1.000. The first-order chi connectivity index (χ1) is 9.56. The Morgan fingerprint density at radius 2 is 1.90 bits per heavy atom. The highest BCUT2D eigenvalue weighted by atomic mass is 79.9. The van der Waals surface area contributed by atoms with Gasteiger partial charge in [-0.15, -0.1) is 0 Å². The molecule has 0 aliphatic rings. The Labute approximate surface area is 134 Å². The first kappa shape index (κ1) is 14.0. The van der Waals surface area contributed by atoms with Crippen LogP contribution >= 0.6 is 39.1 Å². The maximum absolute atomic E-state index is 6.24. The molecule has 0 fully saturated rings. The summed E-state index contributed by atoms with van der Waals surface area (Å²) in [6.07, 6.45) is 0. The van der Waals surface area contributed by atoms with Gasteiger partial charge in [-0.2, -0.15) is 0 Å². The van der Waals surface area contributed by atoms with Crippen molar-refractivity contribution in [3.63, 3.8) is 0 Å². The number of rotatable bonds is 2. The van der Waals surface area contributed by atoms with Gasteiger partial charge < -0.3 is 10.2 Å². The van der Waals surface area contributed by atoms with Crippen molar-refractivity contribution >= 4 is 50.1 Å². The van der Waals surface area contributed by atoms with Gasteiger partial charge in [-0.1, -0.05) is 41.4 Å². The Bertz CT molecular complexity index is 785. The predicted octanol–water partition coefficient (Wildman–Crippen LogP) is 5.55. The van der Waals surface area contributed by atoms with Gasteiger partial charge >= 0.3 is 0 Å². The van der Waals surface area contributed by atoms with Crippen molar-refractivity contribution in [1.29, 1.82) is 0 Å². The maximum atomic E-state index is 6.24. The van der Waals surface area contributed by atoms with E-state index in [9.17, 15) is 0 Å². The van der Waals surface area contributed by atoms with Crippen LogP contribution in [0.25, 0.3) is 11.0 Å². The molecule has 5 heteroatoms. The van der Waals surface area contributed by atoms with Crippen LogP contribution in [-0.2, 0) is 0 Å². The van der Waals surface area contributed by atoms with E-state index in [0.717, 1.165) is 21.0 Å². The molecule has 0 amide bonds. The molecule has 0 radical (unpaired) electrons. The number of furan rings is 1. The van der Waals surface area contributed by atoms with E-state index < -0.39 is 6.04 Å². The molecule has 1 heterocycles. The third kappa shape index (κ3) is 2.47. The summed E-state index contributed by atoms with van der Waals surface area (Å²) in [5, 5.41) is 2.11. The van der Waals surface area contributed by atoms with Crippen LogP contribution in [0.2, 0.25) is 10.0 Å². The third-order valence-corrected chi connectivity index (χ3v) is 4.31. The summed E-state index contributed by atoms with van der Waals surface area (Å²) in [5.41, 5.74) is 7.81. The number of hydrogen-bond acceptors (Lipinski definition) is 2. The van der Waals surface area contributed by atoms with Gasteiger partial charge in [0.1, 0.15) is 11.3 Å². The molecule has 3 aromatic rings. The van der Waals surface area contributed by atoms with E-state index in [2.05, 4.69) is 15.9 Å². The smallest absolute Gasteiger partial charge is 0.148 e. The second-order valence-electron chi connectivity index (χ2n) is 4.45. The van der Waals surface area contributed by atoms with Crippen molar-refractivity contribution in [2.75, 3.05) is 0 Å². The highest BCUT2D eigenvalue weighted by molar-refractivity contribution is 9.10. The van der Waals surface area contributed by atoms with E-state index in [4.69, 9.17) is 33.4 Å². The largest absolute Gasteiger partial charge is 0.458 e. The molecule has 0 bridgehead atoms. The lowest BCUT2D eigenvalue weighted by molar-refractivity contribution is 0.524. The van der Waals surface area contributed by atoms with E-state index in [1.165, 1.54) is 0 Å². The SMILES string of the molecule is NC(c1cc2cccc(Br)c2o1)c1ccc(Cl)cc1Cl. The van der Waals surface area contributed by atoms with E-state index in [1.807, 2.05) is 30.3 Å². The van der Waals surface area contributed by atoms with Gasteiger partial charge in [-0.3, -0.25) is 0 Å². The monoisotopic (exact) mass is 369 g/mol. The van der Waals surface area contributed by atoms with Crippen LogP contribution in [0.1, 0.15) is 17.4 Å². The molecule has 1 unspecified atom stereocenters. The summed E-state index contributed by atoms with van der Waals surface area (Å²) in [7, 11) is 0. The first-order valence-electron chi connectivity index (χ1n) is 5.95. The molecule has 0 spiro atoms. The zero-order valence-corrected chi connectivity index (χ0v) is 13.3. The van der Waals surface area contributed by atoms with Crippen LogP contribution in [0.4, 0.5) is 0 Å². The van der Waals surface area contributed by atoms with Crippen LogP contribution in [0.3, 0.4) is 0 Å². The number of hydrogen-bond donors (Lipinski definition) is 1. The van der Waals surface area contributed by atoms with Crippen LogP contribution in [0.15, 0.2) is 51.4 Å². The Morgan fingerprint density at radius 3 is 2.60 bits per heavy atom. The standard InChI is InChI=1S/C15H10BrCl2NO/c16-11-3-1-2-8-6-13(20-15(8)11)14(19)10-5-4-9(17)7-12(10)18/h1-7,14H,19H2. The van der Waals surface area contributed by atoms with E-state index in [0.29, 0.717) is 15.8 Å². The highest BCUT2D eigenvalue weighted by Gasteiger charge is 2.17. The van der Waals surface area contributed by atoms with E-state index in [1.54, 1.807) is 12.1 Å². The minimum Gasteiger partial charge on any atom is -0.458 e. The zero-order chi connectivity index (χ0) is 14.3. The Morgan fingerprint density at radius 1 is 1.10 bits per heavy atom. The molecule has 0 aliphatic heterocycles. The van der Waals surface area contributed by atoms with Crippen molar-refractivity contribution in [3.8, 4) is 0 Å². The topological polar surface area (TPSA) is 39.2 Å². The van der Waals surface area contributed by atoms with Crippen molar-refractivity contribution < 1.29 is 4.42 Å². The lowest BCUT2D eigenvalue weighted by Crippen LogP contribution is -2.11. The third-order valence-electron chi connectivity index (χ3n) is 3.12. The number of para-hydroxylation sites is 1. The van der Waals surface area contributed by atoms with E-state index in [-0.39, 0.29) is 0 Å². The van der Waals surface area contributed by atoms with Crippen molar-refractivity contribution in [1.82, 2.24) is 0 Å². The lowest BCUT2D eigenvalue weighted by Gasteiger charge is -2.11. The fraction of sp³-hybridized carbons (Fsp3) is 0.0667. The summed E-state index contributed by atoms with van der Waals surface area (Å²) in [6.45, 7) is 0. The van der Waals surface area contributed by atoms with Crippen molar-refractivity contribution in [2.24, 2.45) is 5.73 Å².